The summed E-state index contributed by atoms with van der Waals surface area (Å²) in [7, 11) is 2.19. The SMILES string of the molecule is Cc1ccncc1-c1cc2c(-c3cc4c(N5CCN(C)CC5)cccc4[nH]3)n[nH]c2cn1. The fourth-order valence-corrected chi connectivity index (χ4v) is 4.59. The maximum atomic E-state index is 4.64. The van der Waals surface area contributed by atoms with E-state index in [-0.39, 0.29) is 0 Å². The number of hydrogen-bond acceptors (Lipinski definition) is 5. The number of benzene rings is 1. The first-order chi connectivity index (χ1) is 15.7. The van der Waals surface area contributed by atoms with E-state index in [1.807, 2.05) is 24.7 Å². The van der Waals surface area contributed by atoms with E-state index in [1.54, 1.807) is 0 Å². The van der Waals surface area contributed by atoms with Gasteiger partial charge < -0.3 is 14.8 Å². The summed E-state index contributed by atoms with van der Waals surface area (Å²) in [4.78, 5) is 17.4. The van der Waals surface area contributed by atoms with Gasteiger partial charge in [-0.25, -0.2) is 0 Å². The first-order valence-corrected chi connectivity index (χ1v) is 11.0. The summed E-state index contributed by atoms with van der Waals surface area (Å²) in [5, 5.41) is 10.1. The first kappa shape index (κ1) is 19.0. The summed E-state index contributed by atoms with van der Waals surface area (Å²) >= 11 is 0. The number of aromatic amines is 2. The van der Waals surface area contributed by atoms with Crippen molar-refractivity contribution in [2.24, 2.45) is 0 Å². The molecule has 7 heteroatoms. The Kier molecular flexibility index (Phi) is 4.43. The van der Waals surface area contributed by atoms with Gasteiger partial charge in [0, 0.05) is 66.1 Å². The van der Waals surface area contributed by atoms with Crippen LogP contribution in [0.25, 0.3) is 44.5 Å². The van der Waals surface area contributed by atoms with Gasteiger partial charge in [-0.2, -0.15) is 5.10 Å². The molecule has 1 aromatic carbocycles. The number of piperazine rings is 1. The lowest BCUT2D eigenvalue weighted by Crippen LogP contribution is -2.44. The van der Waals surface area contributed by atoms with Crippen molar-refractivity contribution >= 4 is 27.5 Å². The maximum absolute atomic E-state index is 4.64. The number of hydrogen-bond donors (Lipinski definition) is 2. The van der Waals surface area contributed by atoms with Crippen LogP contribution in [0.15, 0.2) is 55.0 Å². The Morgan fingerprint density at radius 2 is 1.81 bits per heavy atom. The van der Waals surface area contributed by atoms with Crippen molar-refractivity contribution in [1.29, 1.82) is 0 Å². The molecule has 0 unspecified atom stereocenters. The lowest BCUT2D eigenvalue weighted by Gasteiger charge is -2.34. The van der Waals surface area contributed by atoms with Gasteiger partial charge in [0.2, 0.25) is 0 Å². The van der Waals surface area contributed by atoms with Crippen molar-refractivity contribution < 1.29 is 0 Å². The molecular weight excluding hydrogens is 398 g/mol. The van der Waals surface area contributed by atoms with Gasteiger partial charge in [-0.1, -0.05) is 6.07 Å². The topological polar surface area (TPSA) is 76.7 Å². The molecule has 6 rings (SSSR count). The van der Waals surface area contributed by atoms with E-state index in [4.69, 9.17) is 0 Å². The average molecular weight is 424 g/mol. The molecule has 5 aromatic rings. The normalized spacial score (nSPS) is 15.1. The second-order valence-corrected chi connectivity index (χ2v) is 8.59. The van der Waals surface area contributed by atoms with Crippen molar-refractivity contribution in [3.63, 3.8) is 0 Å². The predicted octanol–water partition coefficient (Wildman–Crippen LogP) is 4.23. The van der Waals surface area contributed by atoms with Gasteiger partial charge in [-0.3, -0.25) is 15.1 Å². The molecule has 4 aromatic heterocycles. The Hall–Kier alpha value is -3.71. The standard InChI is InChI=1S/C25H25N7/c1-16-6-7-26-14-19(16)21-13-18-23(15-27-21)29-30-25(18)22-12-17-20(28-22)4-3-5-24(17)32-10-8-31(2)9-11-32/h3-7,12-15,28H,8-11H2,1-2H3,(H,29,30). The minimum absolute atomic E-state index is 0.903. The lowest BCUT2D eigenvalue weighted by atomic mass is 10.1. The molecule has 0 aliphatic carbocycles. The molecule has 0 spiro atoms. The molecule has 160 valence electrons. The number of likely N-dealkylation sites (N-methyl/N-ethyl adjacent to an activating group) is 1. The van der Waals surface area contributed by atoms with Crippen molar-refractivity contribution in [2.75, 3.05) is 38.1 Å². The van der Waals surface area contributed by atoms with Crippen LogP contribution < -0.4 is 4.90 Å². The summed E-state index contributed by atoms with van der Waals surface area (Å²) in [5.41, 5.74) is 8.34. The van der Waals surface area contributed by atoms with Crippen molar-refractivity contribution in [1.82, 2.24) is 30.0 Å². The van der Waals surface area contributed by atoms with Crippen LogP contribution in [0.2, 0.25) is 0 Å². The van der Waals surface area contributed by atoms with Gasteiger partial charge in [0.25, 0.3) is 0 Å². The van der Waals surface area contributed by atoms with Crippen LogP contribution in [0.1, 0.15) is 5.56 Å². The highest BCUT2D eigenvalue weighted by Crippen LogP contribution is 2.34. The molecule has 0 bridgehead atoms. The second kappa shape index (κ2) is 7.46. The molecule has 32 heavy (non-hydrogen) atoms. The van der Waals surface area contributed by atoms with E-state index in [2.05, 4.69) is 79.3 Å². The zero-order chi connectivity index (χ0) is 21.7. The molecule has 0 saturated carbocycles. The van der Waals surface area contributed by atoms with E-state index >= 15 is 0 Å². The third-order valence-corrected chi connectivity index (χ3v) is 6.50. The summed E-state index contributed by atoms with van der Waals surface area (Å²) < 4.78 is 0. The zero-order valence-electron chi connectivity index (χ0n) is 18.3. The number of H-pyrrole nitrogens is 2. The molecule has 5 heterocycles. The van der Waals surface area contributed by atoms with E-state index in [9.17, 15) is 0 Å². The van der Waals surface area contributed by atoms with Crippen LogP contribution in [0.3, 0.4) is 0 Å². The molecule has 0 amide bonds. The highest BCUT2D eigenvalue weighted by molar-refractivity contribution is 6.00. The number of nitrogens with one attached hydrogen (secondary N) is 2. The Labute approximate surface area is 186 Å². The quantitative estimate of drug-likeness (QED) is 0.454. The van der Waals surface area contributed by atoms with Crippen molar-refractivity contribution in [3.8, 4) is 22.6 Å². The third-order valence-electron chi connectivity index (χ3n) is 6.50. The zero-order valence-corrected chi connectivity index (χ0v) is 18.3. The minimum atomic E-state index is 0.903. The monoisotopic (exact) mass is 423 g/mol. The minimum Gasteiger partial charge on any atom is -0.368 e. The number of fused-ring (bicyclic) bond motifs is 2. The summed E-state index contributed by atoms with van der Waals surface area (Å²) in [6.07, 6.45) is 5.53. The van der Waals surface area contributed by atoms with Crippen LogP contribution >= 0.6 is 0 Å². The molecule has 2 N–H and O–H groups in total. The van der Waals surface area contributed by atoms with E-state index in [0.717, 1.165) is 70.8 Å². The fraction of sp³-hybridized carbons (Fsp3) is 0.240. The van der Waals surface area contributed by atoms with Gasteiger partial charge >= 0.3 is 0 Å². The molecule has 1 aliphatic rings. The Morgan fingerprint density at radius 3 is 2.66 bits per heavy atom. The van der Waals surface area contributed by atoms with Crippen LogP contribution in [0, 0.1) is 6.92 Å². The molecule has 1 saturated heterocycles. The largest absolute Gasteiger partial charge is 0.368 e. The van der Waals surface area contributed by atoms with Gasteiger partial charge in [0.1, 0.15) is 5.69 Å². The van der Waals surface area contributed by atoms with Gasteiger partial charge in [0.05, 0.1) is 23.1 Å². The number of aromatic nitrogens is 5. The van der Waals surface area contributed by atoms with E-state index in [1.165, 1.54) is 11.1 Å². The predicted molar refractivity (Wildman–Crippen MR) is 129 cm³/mol. The molecule has 0 radical (unpaired) electrons. The fourth-order valence-electron chi connectivity index (χ4n) is 4.59. The van der Waals surface area contributed by atoms with E-state index < -0.39 is 0 Å². The Bertz CT molecular complexity index is 1420. The van der Waals surface area contributed by atoms with Gasteiger partial charge in [0.15, 0.2) is 0 Å². The van der Waals surface area contributed by atoms with Gasteiger partial charge in [-0.15, -0.1) is 0 Å². The molecule has 7 nitrogen and oxygen atoms in total. The van der Waals surface area contributed by atoms with Crippen molar-refractivity contribution in [2.45, 2.75) is 6.92 Å². The highest BCUT2D eigenvalue weighted by atomic mass is 15.2. The summed E-state index contributed by atoms with van der Waals surface area (Å²) in [6.45, 7) is 6.33. The number of aryl methyl sites for hydroxylation is 1. The number of pyridine rings is 2. The van der Waals surface area contributed by atoms with Crippen LogP contribution in [0.5, 0.6) is 0 Å². The first-order valence-electron chi connectivity index (χ1n) is 11.0. The Morgan fingerprint density at radius 1 is 0.938 bits per heavy atom. The van der Waals surface area contributed by atoms with Gasteiger partial charge in [-0.05, 0) is 49.9 Å². The van der Waals surface area contributed by atoms with E-state index in [0.29, 0.717) is 0 Å². The molecule has 1 fully saturated rings. The smallest absolute Gasteiger partial charge is 0.116 e. The second-order valence-electron chi connectivity index (χ2n) is 8.59. The average Bonchev–Trinajstić information content (AvgIpc) is 3.43. The van der Waals surface area contributed by atoms with Crippen LogP contribution in [0.4, 0.5) is 5.69 Å². The third kappa shape index (κ3) is 3.13. The van der Waals surface area contributed by atoms with Crippen LogP contribution in [-0.4, -0.2) is 63.3 Å². The summed E-state index contributed by atoms with van der Waals surface area (Å²) in [6, 6.07) is 12.8. The number of rotatable bonds is 3. The molecule has 0 atom stereocenters. The lowest BCUT2D eigenvalue weighted by molar-refractivity contribution is 0.313. The highest BCUT2D eigenvalue weighted by Gasteiger charge is 2.19. The van der Waals surface area contributed by atoms with Crippen molar-refractivity contribution in [3.05, 3.63) is 60.6 Å². The Balaban J connectivity index is 1.45. The number of nitrogens with zero attached hydrogens (tertiary/aromatic N) is 5. The van der Waals surface area contributed by atoms with Crippen LogP contribution in [-0.2, 0) is 0 Å². The number of anilines is 1. The summed E-state index contributed by atoms with van der Waals surface area (Å²) in [5.74, 6) is 0. The maximum Gasteiger partial charge on any atom is 0.116 e. The molecular formula is C25H25N7. The molecule has 1 aliphatic heterocycles.